The Morgan fingerprint density at radius 2 is 1.86 bits per heavy atom. The molecule has 0 unspecified atom stereocenters. The second-order valence-corrected chi connectivity index (χ2v) is 5.36. The monoisotopic (exact) mass is 320 g/mol. The SMILES string of the molecule is COC(=O)c1cc(COC(=O)c2ccc(SC)cc2)oc1C. The first-order valence-electron chi connectivity index (χ1n) is 6.54. The Balaban J connectivity index is 2.00. The Kier molecular flexibility index (Phi) is 5.27. The summed E-state index contributed by atoms with van der Waals surface area (Å²) < 4.78 is 15.2. The number of aryl methyl sites for hydroxylation is 1. The van der Waals surface area contributed by atoms with Gasteiger partial charge in [0, 0.05) is 4.90 Å². The molecule has 0 aliphatic rings. The third kappa shape index (κ3) is 3.71. The maximum atomic E-state index is 11.9. The van der Waals surface area contributed by atoms with E-state index < -0.39 is 11.9 Å². The van der Waals surface area contributed by atoms with Gasteiger partial charge in [-0.2, -0.15) is 0 Å². The van der Waals surface area contributed by atoms with Crippen LogP contribution in [0.15, 0.2) is 39.6 Å². The molecule has 0 aliphatic carbocycles. The van der Waals surface area contributed by atoms with E-state index in [1.54, 1.807) is 30.8 Å². The van der Waals surface area contributed by atoms with Gasteiger partial charge in [0.25, 0.3) is 0 Å². The lowest BCUT2D eigenvalue weighted by Crippen LogP contribution is -2.04. The summed E-state index contributed by atoms with van der Waals surface area (Å²) in [7, 11) is 1.30. The molecule has 0 N–H and O–H groups in total. The fourth-order valence-corrected chi connectivity index (χ4v) is 2.28. The maximum Gasteiger partial charge on any atom is 0.341 e. The van der Waals surface area contributed by atoms with Gasteiger partial charge in [0.2, 0.25) is 0 Å². The number of ether oxygens (including phenoxy) is 2. The fourth-order valence-electron chi connectivity index (χ4n) is 1.87. The van der Waals surface area contributed by atoms with Gasteiger partial charge in [-0.3, -0.25) is 0 Å². The van der Waals surface area contributed by atoms with Gasteiger partial charge in [-0.05, 0) is 43.5 Å². The molecule has 116 valence electrons. The van der Waals surface area contributed by atoms with E-state index >= 15 is 0 Å². The van der Waals surface area contributed by atoms with Crippen LogP contribution in [0.3, 0.4) is 0 Å². The summed E-state index contributed by atoms with van der Waals surface area (Å²) in [6.07, 6.45) is 1.96. The van der Waals surface area contributed by atoms with Gasteiger partial charge in [0.1, 0.15) is 23.7 Å². The molecule has 0 aliphatic heterocycles. The molecule has 0 atom stereocenters. The van der Waals surface area contributed by atoms with Crippen LogP contribution >= 0.6 is 11.8 Å². The van der Waals surface area contributed by atoms with E-state index in [2.05, 4.69) is 4.74 Å². The van der Waals surface area contributed by atoms with Crippen LogP contribution in [0, 0.1) is 6.92 Å². The molecule has 22 heavy (non-hydrogen) atoms. The zero-order valence-electron chi connectivity index (χ0n) is 12.5. The first-order valence-corrected chi connectivity index (χ1v) is 7.76. The molecular weight excluding hydrogens is 304 g/mol. The van der Waals surface area contributed by atoms with E-state index in [-0.39, 0.29) is 6.61 Å². The molecule has 2 aromatic rings. The molecule has 0 spiro atoms. The summed E-state index contributed by atoms with van der Waals surface area (Å²) in [6, 6.07) is 8.65. The van der Waals surface area contributed by atoms with Gasteiger partial charge < -0.3 is 13.9 Å². The van der Waals surface area contributed by atoms with E-state index in [9.17, 15) is 9.59 Å². The number of benzene rings is 1. The van der Waals surface area contributed by atoms with Crippen LogP contribution in [0.5, 0.6) is 0 Å². The first kappa shape index (κ1) is 16.2. The molecule has 0 bridgehead atoms. The van der Waals surface area contributed by atoms with E-state index in [1.807, 2.05) is 18.4 Å². The van der Waals surface area contributed by atoms with Crippen molar-refractivity contribution in [2.24, 2.45) is 0 Å². The van der Waals surface area contributed by atoms with Crippen molar-refractivity contribution in [3.05, 3.63) is 53.0 Å². The van der Waals surface area contributed by atoms with E-state index in [0.717, 1.165) is 4.90 Å². The molecule has 0 saturated heterocycles. The molecule has 1 aromatic heterocycles. The lowest BCUT2D eigenvalue weighted by molar-refractivity contribution is 0.0444. The summed E-state index contributed by atoms with van der Waals surface area (Å²) in [5.74, 6) is -0.0954. The van der Waals surface area contributed by atoms with Crippen LogP contribution in [-0.2, 0) is 16.1 Å². The standard InChI is InChI=1S/C16H16O5S/c1-10-14(16(18)19-2)8-12(21-10)9-20-15(17)11-4-6-13(22-3)7-5-11/h4-8H,9H2,1-3H3. The van der Waals surface area contributed by atoms with Crippen LogP contribution in [0.1, 0.15) is 32.2 Å². The second kappa shape index (κ2) is 7.17. The topological polar surface area (TPSA) is 65.7 Å². The predicted molar refractivity (Wildman–Crippen MR) is 82.1 cm³/mol. The molecule has 0 saturated carbocycles. The average Bonchev–Trinajstić information content (AvgIpc) is 2.92. The zero-order valence-corrected chi connectivity index (χ0v) is 13.4. The fraction of sp³-hybridized carbons (Fsp3) is 0.250. The number of furan rings is 1. The normalized spacial score (nSPS) is 10.3. The van der Waals surface area contributed by atoms with Crippen molar-refractivity contribution in [2.75, 3.05) is 13.4 Å². The summed E-state index contributed by atoms with van der Waals surface area (Å²) in [5, 5.41) is 0. The van der Waals surface area contributed by atoms with E-state index in [1.165, 1.54) is 13.2 Å². The Labute approximate surface area is 132 Å². The Morgan fingerprint density at radius 3 is 2.45 bits per heavy atom. The van der Waals surface area contributed by atoms with Crippen molar-refractivity contribution < 1.29 is 23.5 Å². The number of hydrogen-bond donors (Lipinski definition) is 0. The summed E-state index contributed by atoms with van der Waals surface area (Å²) >= 11 is 1.60. The number of carbonyl (C=O) groups is 2. The molecule has 2 rings (SSSR count). The maximum absolute atomic E-state index is 11.9. The highest BCUT2D eigenvalue weighted by Gasteiger charge is 2.16. The second-order valence-electron chi connectivity index (χ2n) is 4.48. The lowest BCUT2D eigenvalue weighted by Gasteiger charge is -2.03. The number of rotatable bonds is 5. The van der Waals surface area contributed by atoms with Crippen molar-refractivity contribution in [1.29, 1.82) is 0 Å². The Hall–Kier alpha value is -2.21. The highest BCUT2D eigenvalue weighted by Crippen LogP contribution is 2.18. The van der Waals surface area contributed by atoms with Gasteiger partial charge in [-0.15, -0.1) is 11.8 Å². The smallest absolute Gasteiger partial charge is 0.341 e. The minimum Gasteiger partial charge on any atom is -0.465 e. The highest BCUT2D eigenvalue weighted by molar-refractivity contribution is 7.98. The van der Waals surface area contributed by atoms with Crippen LogP contribution in [0.4, 0.5) is 0 Å². The number of carbonyl (C=O) groups excluding carboxylic acids is 2. The van der Waals surface area contributed by atoms with Crippen molar-refractivity contribution >= 4 is 23.7 Å². The third-order valence-corrected chi connectivity index (χ3v) is 3.79. The number of esters is 2. The number of methoxy groups -OCH3 is 1. The predicted octanol–water partition coefficient (Wildman–Crippen LogP) is 3.45. The lowest BCUT2D eigenvalue weighted by atomic mass is 10.2. The molecule has 0 amide bonds. The van der Waals surface area contributed by atoms with Gasteiger partial charge in [-0.1, -0.05) is 0 Å². The van der Waals surface area contributed by atoms with Crippen molar-refractivity contribution in [1.82, 2.24) is 0 Å². The van der Waals surface area contributed by atoms with Crippen molar-refractivity contribution in [3.8, 4) is 0 Å². The highest BCUT2D eigenvalue weighted by atomic mass is 32.2. The van der Waals surface area contributed by atoms with Crippen molar-refractivity contribution in [2.45, 2.75) is 18.4 Å². The van der Waals surface area contributed by atoms with E-state index in [4.69, 9.17) is 9.15 Å². The molecule has 0 radical (unpaired) electrons. The van der Waals surface area contributed by atoms with Crippen LogP contribution in [0.2, 0.25) is 0 Å². The quantitative estimate of drug-likeness (QED) is 0.621. The number of hydrogen-bond acceptors (Lipinski definition) is 6. The minimum absolute atomic E-state index is 0.0407. The van der Waals surface area contributed by atoms with Crippen LogP contribution in [-0.4, -0.2) is 25.3 Å². The summed E-state index contributed by atoms with van der Waals surface area (Å²) in [4.78, 5) is 24.5. The summed E-state index contributed by atoms with van der Waals surface area (Å²) in [6.45, 7) is 1.61. The Bertz CT molecular complexity index is 672. The molecule has 1 heterocycles. The molecular formula is C16H16O5S. The van der Waals surface area contributed by atoms with Gasteiger partial charge in [-0.25, -0.2) is 9.59 Å². The minimum atomic E-state index is -0.480. The zero-order chi connectivity index (χ0) is 16.1. The van der Waals surface area contributed by atoms with Gasteiger partial charge in [0.05, 0.1) is 12.7 Å². The number of thioether (sulfide) groups is 1. The largest absolute Gasteiger partial charge is 0.465 e. The van der Waals surface area contributed by atoms with Gasteiger partial charge in [0.15, 0.2) is 0 Å². The third-order valence-electron chi connectivity index (χ3n) is 3.05. The van der Waals surface area contributed by atoms with Crippen LogP contribution in [0.25, 0.3) is 0 Å². The van der Waals surface area contributed by atoms with Crippen molar-refractivity contribution in [3.63, 3.8) is 0 Å². The Morgan fingerprint density at radius 1 is 1.18 bits per heavy atom. The summed E-state index contributed by atoms with van der Waals surface area (Å²) in [5.41, 5.74) is 0.798. The first-order chi connectivity index (χ1) is 10.5. The van der Waals surface area contributed by atoms with Crippen LogP contribution < -0.4 is 0 Å². The molecule has 5 nitrogen and oxygen atoms in total. The van der Waals surface area contributed by atoms with E-state index in [0.29, 0.717) is 22.6 Å². The average molecular weight is 320 g/mol. The molecule has 1 aromatic carbocycles. The van der Waals surface area contributed by atoms with Gasteiger partial charge >= 0.3 is 11.9 Å². The molecule has 0 fully saturated rings. The molecule has 6 heteroatoms.